The van der Waals surface area contributed by atoms with Gasteiger partial charge in [0, 0.05) is 10.9 Å². The molecular formula is C22H25N3S. The Bertz CT molecular complexity index is 915. The van der Waals surface area contributed by atoms with Crippen LogP contribution < -0.4 is 5.43 Å². The molecule has 0 spiro atoms. The van der Waals surface area contributed by atoms with Gasteiger partial charge in [-0.1, -0.05) is 68.8 Å². The van der Waals surface area contributed by atoms with Crippen LogP contribution in [-0.2, 0) is 5.41 Å². The van der Waals surface area contributed by atoms with E-state index in [9.17, 15) is 0 Å². The van der Waals surface area contributed by atoms with Crippen LogP contribution in [-0.4, -0.2) is 11.2 Å². The number of anilines is 1. The number of nitrogens with one attached hydrogen (secondary N) is 1. The standard InChI is InChI=1S/C22H25N3S/c1-15-6-11-19(16(2)12-15)20-14-26-21(24-20)25-23-13-17-7-9-18(10-8-17)22(3,4)5/h6-14H,1-5H3,(H,24,25)/b23-13-. The van der Waals surface area contributed by atoms with Crippen LogP contribution in [0.2, 0.25) is 0 Å². The normalized spacial score (nSPS) is 11.9. The van der Waals surface area contributed by atoms with Crippen molar-refractivity contribution in [3.05, 3.63) is 70.1 Å². The van der Waals surface area contributed by atoms with E-state index in [-0.39, 0.29) is 5.41 Å². The first-order valence-electron chi connectivity index (χ1n) is 8.76. The molecular weight excluding hydrogens is 338 g/mol. The molecule has 3 nitrogen and oxygen atoms in total. The molecule has 0 unspecified atom stereocenters. The number of thiazole rings is 1. The largest absolute Gasteiger partial charge is 0.253 e. The molecule has 0 amide bonds. The summed E-state index contributed by atoms with van der Waals surface area (Å²) in [5.74, 6) is 0. The SMILES string of the molecule is Cc1ccc(-c2csc(N/N=C\c3ccc(C(C)(C)C)cc3)n2)c(C)c1. The molecule has 2 aromatic carbocycles. The van der Waals surface area contributed by atoms with E-state index in [0.717, 1.165) is 16.4 Å². The molecule has 4 heteroatoms. The molecule has 0 radical (unpaired) electrons. The summed E-state index contributed by atoms with van der Waals surface area (Å²) in [7, 11) is 0. The second-order valence-electron chi connectivity index (χ2n) is 7.60. The minimum Gasteiger partial charge on any atom is -0.253 e. The van der Waals surface area contributed by atoms with Gasteiger partial charge in [0.15, 0.2) is 0 Å². The number of hydrogen-bond acceptors (Lipinski definition) is 4. The highest BCUT2D eigenvalue weighted by atomic mass is 32.1. The molecule has 0 saturated heterocycles. The first kappa shape index (κ1) is 18.3. The number of aromatic nitrogens is 1. The Morgan fingerprint density at radius 2 is 1.77 bits per heavy atom. The van der Waals surface area contributed by atoms with Crippen molar-refractivity contribution in [3.8, 4) is 11.3 Å². The second kappa shape index (κ2) is 7.42. The van der Waals surface area contributed by atoms with Crippen LogP contribution in [0.15, 0.2) is 52.9 Å². The van der Waals surface area contributed by atoms with Crippen molar-refractivity contribution in [3.63, 3.8) is 0 Å². The van der Waals surface area contributed by atoms with Gasteiger partial charge in [0.25, 0.3) is 0 Å². The van der Waals surface area contributed by atoms with E-state index in [2.05, 4.69) is 98.0 Å². The van der Waals surface area contributed by atoms with Crippen LogP contribution in [0.1, 0.15) is 43.0 Å². The van der Waals surface area contributed by atoms with Crippen molar-refractivity contribution in [2.75, 3.05) is 5.43 Å². The predicted molar refractivity (Wildman–Crippen MR) is 113 cm³/mol. The van der Waals surface area contributed by atoms with Crippen LogP contribution >= 0.6 is 11.3 Å². The van der Waals surface area contributed by atoms with Crippen LogP contribution in [0.4, 0.5) is 5.13 Å². The Morgan fingerprint density at radius 3 is 2.42 bits per heavy atom. The molecule has 0 aliphatic rings. The van der Waals surface area contributed by atoms with Gasteiger partial charge >= 0.3 is 0 Å². The fourth-order valence-corrected chi connectivity index (χ4v) is 3.44. The highest BCUT2D eigenvalue weighted by Crippen LogP contribution is 2.28. The zero-order valence-electron chi connectivity index (χ0n) is 16.0. The number of hydrogen-bond donors (Lipinski definition) is 1. The molecule has 0 bridgehead atoms. The molecule has 0 atom stereocenters. The van der Waals surface area contributed by atoms with Crippen LogP contribution in [0, 0.1) is 13.8 Å². The summed E-state index contributed by atoms with van der Waals surface area (Å²) in [6.07, 6.45) is 1.82. The lowest BCUT2D eigenvalue weighted by Crippen LogP contribution is -2.10. The smallest absolute Gasteiger partial charge is 0.203 e. The Balaban J connectivity index is 1.67. The summed E-state index contributed by atoms with van der Waals surface area (Å²) in [6.45, 7) is 10.9. The van der Waals surface area contributed by atoms with Crippen molar-refractivity contribution in [2.45, 2.75) is 40.0 Å². The van der Waals surface area contributed by atoms with Gasteiger partial charge in [0.05, 0.1) is 11.9 Å². The molecule has 0 fully saturated rings. The van der Waals surface area contributed by atoms with E-state index in [1.165, 1.54) is 22.3 Å². The Labute approximate surface area is 159 Å². The van der Waals surface area contributed by atoms with Gasteiger partial charge in [-0.15, -0.1) is 11.3 Å². The molecule has 1 heterocycles. The maximum atomic E-state index is 4.64. The molecule has 3 aromatic rings. The summed E-state index contributed by atoms with van der Waals surface area (Å²) in [6, 6.07) is 14.9. The van der Waals surface area contributed by atoms with Crippen molar-refractivity contribution in [1.82, 2.24) is 4.98 Å². The van der Waals surface area contributed by atoms with Gasteiger partial charge in [-0.25, -0.2) is 4.98 Å². The topological polar surface area (TPSA) is 37.3 Å². The van der Waals surface area contributed by atoms with Gasteiger partial charge in [0.1, 0.15) is 0 Å². The van der Waals surface area contributed by atoms with Crippen molar-refractivity contribution < 1.29 is 0 Å². The highest BCUT2D eigenvalue weighted by molar-refractivity contribution is 7.14. The molecule has 0 aliphatic carbocycles. The van der Waals surface area contributed by atoms with E-state index >= 15 is 0 Å². The zero-order valence-corrected chi connectivity index (χ0v) is 16.8. The quantitative estimate of drug-likeness (QED) is 0.444. The molecule has 1 N–H and O–H groups in total. The number of nitrogens with zero attached hydrogens (tertiary/aromatic N) is 2. The minimum atomic E-state index is 0.166. The Kier molecular flexibility index (Phi) is 5.23. The molecule has 1 aromatic heterocycles. The lowest BCUT2D eigenvalue weighted by Gasteiger charge is -2.18. The third-order valence-electron chi connectivity index (χ3n) is 4.31. The number of benzene rings is 2. The maximum Gasteiger partial charge on any atom is 0.203 e. The first-order valence-corrected chi connectivity index (χ1v) is 9.64. The van der Waals surface area contributed by atoms with Crippen molar-refractivity contribution in [2.24, 2.45) is 5.10 Å². The van der Waals surface area contributed by atoms with Gasteiger partial charge in [0.2, 0.25) is 5.13 Å². The first-order chi connectivity index (χ1) is 12.3. The molecule has 3 rings (SSSR count). The van der Waals surface area contributed by atoms with Crippen molar-refractivity contribution >= 4 is 22.7 Å². The van der Waals surface area contributed by atoms with E-state index < -0.39 is 0 Å². The maximum absolute atomic E-state index is 4.64. The average molecular weight is 364 g/mol. The lowest BCUT2D eigenvalue weighted by molar-refractivity contribution is 0.590. The van der Waals surface area contributed by atoms with Gasteiger partial charge in [-0.3, -0.25) is 5.43 Å². The summed E-state index contributed by atoms with van der Waals surface area (Å²) < 4.78 is 0. The summed E-state index contributed by atoms with van der Waals surface area (Å²) in [4.78, 5) is 4.64. The fraction of sp³-hybridized carbons (Fsp3) is 0.273. The summed E-state index contributed by atoms with van der Waals surface area (Å²) in [5, 5.41) is 7.18. The van der Waals surface area contributed by atoms with E-state index in [1.807, 2.05) is 6.21 Å². The number of aryl methyl sites for hydroxylation is 2. The minimum absolute atomic E-state index is 0.166. The Hall–Kier alpha value is -2.46. The summed E-state index contributed by atoms with van der Waals surface area (Å²) in [5.41, 5.74) is 10.2. The third kappa shape index (κ3) is 4.38. The summed E-state index contributed by atoms with van der Waals surface area (Å²) >= 11 is 1.56. The molecule has 134 valence electrons. The van der Waals surface area contributed by atoms with Crippen LogP contribution in [0.5, 0.6) is 0 Å². The zero-order chi connectivity index (χ0) is 18.7. The van der Waals surface area contributed by atoms with Crippen molar-refractivity contribution in [1.29, 1.82) is 0 Å². The molecule has 26 heavy (non-hydrogen) atoms. The highest BCUT2D eigenvalue weighted by Gasteiger charge is 2.12. The predicted octanol–water partition coefficient (Wildman–Crippen LogP) is 6.17. The average Bonchev–Trinajstić information content (AvgIpc) is 3.03. The van der Waals surface area contributed by atoms with E-state index in [1.54, 1.807) is 11.3 Å². The van der Waals surface area contributed by atoms with Gasteiger partial charge in [-0.05, 0) is 36.0 Å². The monoisotopic (exact) mass is 363 g/mol. The lowest BCUT2D eigenvalue weighted by atomic mass is 9.87. The Morgan fingerprint density at radius 1 is 1.04 bits per heavy atom. The molecule has 0 saturated carbocycles. The van der Waals surface area contributed by atoms with Gasteiger partial charge < -0.3 is 0 Å². The fourth-order valence-electron chi connectivity index (χ4n) is 2.78. The third-order valence-corrected chi connectivity index (χ3v) is 5.06. The van der Waals surface area contributed by atoms with Crippen LogP contribution in [0.25, 0.3) is 11.3 Å². The van der Waals surface area contributed by atoms with E-state index in [0.29, 0.717) is 0 Å². The second-order valence-corrected chi connectivity index (χ2v) is 8.46. The van der Waals surface area contributed by atoms with Crippen LogP contribution in [0.3, 0.4) is 0 Å². The van der Waals surface area contributed by atoms with Gasteiger partial charge in [-0.2, -0.15) is 5.10 Å². The molecule has 0 aliphatic heterocycles. The van der Waals surface area contributed by atoms with E-state index in [4.69, 9.17) is 0 Å². The number of hydrazone groups is 1. The number of rotatable bonds is 4.